The lowest BCUT2D eigenvalue weighted by Gasteiger charge is -2.19. The van der Waals surface area contributed by atoms with Crippen LogP contribution in [0.15, 0.2) is 49.0 Å². The maximum Gasteiger partial charge on any atom is 0.339 e. The molecule has 0 saturated carbocycles. The fourth-order valence-electron chi connectivity index (χ4n) is 7.68. The van der Waals surface area contributed by atoms with Crippen LogP contribution in [0.4, 0.5) is 0 Å². The summed E-state index contributed by atoms with van der Waals surface area (Å²) in [5.74, 6) is 0.370. The van der Waals surface area contributed by atoms with E-state index < -0.39 is 11.9 Å². The molecule has 0 aliphatic carbocycles. The molecule has 94 heavy (non-hydrogen) atoms. The predicted octanol–water partition coefficient (Wildman–Crippen LogP) is 5.39. The first-order valence-corrected chi connectivity index (χ1v) is 31.4. The van der Waals surface area contributed by atoms with Crippen LogP contribution in [0.3, 0.4) is 0 Å². The van der Waals surface area contributed by atoms with Crippen LogP contribution in [-0.2, 0) is 108 Å². The van der Waals surface area contributed by atoms with Crippen LogP contribution in [-0.4, -0.2) is 292 Å². The Morgan fingerprint density at radius 2 is 0.532 bits per heavy atom. The predicted molar refractivity (Wildman–Crippen MR) is 342 cm³/mol. The summed E-state index contributed by atoms with van der Waals surface area (Å²) in [6, 6.07) is 11.2. The van der Waals surface area contributed by atoms with E-state index in [-0.39, 0.29) is 115 Å². The Labute approximate surface area is 554 Å². The van der Waals surface area contributed by atoms with Crippen LogP contribution in [0.5, 0.6) is 34.5 Å². The van der Waals surface area contributed by atoms with E-state index >= 15 is 0 Å². The van der Waals surface area contributed by atoms with Gasteiger partial charge >= 0.3 is 11.9 Å². The molecule has 0 aromatic heterocycles. The summed E-state index contributed by atoms with van der Waals surface area (Å²) in [5, 5.41) is 0. The molecule has 0 aliphatic heterocycles. The van der Waals surface area contributed by atoms with Gasteiger partial charge in [0.25, 0.3) is 0 Å². The highest BCUT2D eigenvalue weighted by Crippen LogP contribution is 2.41. The Balaban J connectivity index is 1.85. The quantitative estimate of drug-likeness (QED) is 0.0506. The van der Waals surface area contributed by atoms with E-state index in [9.17, 15) is 9.59 Å². The molecule has 0 radical (unpaired) electrons. The first-order chi connectivity index (χ1) is 46.3. The third kappa shape index (κ3) is 40.1. The molecule has 0 spiro atoms. The molecule has 28 heteroatoms. The molecule has 3 rings (SSSR count). The van der Waals surface area contributed by atoms with Crippen molar-refractivity contribution in [1.29, 1.82) is 0 Å². The largest absolute Gasteiger partial charge is 0.487 e. The van der Waals surface area contributed by atoms with Crippen LogP contribution in [0.1, 0.15) is 37.4 Å². The zero-order valence-corrected chi connectivity index (χ0v) is 56.1. The summed E-state index contributed by atoms with van der Waals surface area (Å²) in [6.45, 7) is 15.4. The van der Waals surface area contributed by atoms with E-state index in [1.807, 2.05) is 0 Å². The van der Waals surface area contributed by atoms with Gasteiger partial charge in [0.05, 0.1) is 209 Å². The van der Waals surface area contributed by atoms with Gasteiger partial charge in [0.15, 0.2) is 23.0 Å². The van der Waals surface area contributed by atoms with Crippen molar-refractivity contribution in [1.82, 2.24) is 0 Å². The lowest BCUT2D eigenvalue weighted by molar-refractivity contribution is 0.0146. The van der Waals surface area contributed by atoms with Crippen LogP contribution in [0.2, 0.25) is 0 Å². The highest BCUT2D eigenvalue weighted by atomic mass is 16.6. The molecule has 3 aromatic carbocycles. The third-order valence-corrected chi connectivity index (χ3v) is 12.3. The highest BCUT2D eigenvalue weighted by molar-refractivity contribution is 5.97. The summed E-state index contributed by atoms with van der Waals surface area (Å²) in [6.07, 6.45) is 1.45. The van der Waals surface area contributed by atoms with E-state index in [1.165, 1.54) is 24.3 Å². The van der Waals surface area contributed by atoms with E-state index in [0.717, 1.165) is 0 Å². The number of carbonyl (C=O) groups is 2. The van der Waals surface area contributed by atoms with Gasteiger partial charge in [-0.3, -0.25) is 0 Å². The first-order valence-electron chi connectivity index (χ1n) is 31.4. The zero-order valence-electron chi connectivity index (χ0n) is 56.1. The lowest BCUT2D eigenvalue weighted by atomic mass is 10.0. The number of hydrogen-bond acceptors (Lipinski definition) is 28. The number of hydrogen-bond donors (Lipinski definition) is 0. The van der Waals surface area contributed by atoms with Crippen molar-refractivity contribution in [2.75, 3.05) is 281 Å². The second kappa shape index (κ2) is 58.7. The van der Waals surface area contributed by atoms with Gasteiger partial charge in [-0.2, -0.15) is 0 Å². The summed E-state index contributed by atoms with van der Waals surface area (Å²) < 4.78 is 147. The minimum absolute atomic E-state index is 0.124. The Bertz CT molecular complexity index is 2260. The van der Waals surface area contributed by atoms with Gasteiger partial charge in [0.2, 0.25) is 11.5 Å². The van der Waals surface area contributed by atoms with Gasteiger partial charge in [-0.25, -0.2) is 9.59 Å². The van der Waals surface area contributed by atoms with Crippen molar-refractivity contribution in [3.8, 4) is 34.5 Å². The summed E-state index contributed by atoms with van der Waals surface area (Å²) in [5.41, 5.74) is 1.60. The average Bonchev–Trinajstić information content (AvgIpc) is 0.889. The summed E-state index contributed by atoms with van der Waals surface area (Å²) in [7, 11) is 9.63. The van der Waals surface area contributed by atoms with Crippen LogP contribution >= 0.6 is 0 Å². The smallest absolute Gasteiger partial charge is 0.339 e. The molecular formula is C66H104O28. The maximum absolute atomic E-state index is 14.0. The Hall–Kier alpha value is -5.58. The highest BCUT2D eigenvalue weighted by Gasteiger charge is 2.22. The monoisotopic (exact) mass is 1340 g/mol. The first kappa shape index (κ1) is 82.7. The normalized spacial score (nSPS) is 11.3. The summed E-state index contributed by atoms with van der Waals surface area (Å²) in [4.78, 5) is 27.9. The van der Waals surface area contributed by atoms with Crippen molar-refractivity contribution in [3.05, 3.63) is 76.9 Å². The number of benzene rings is 3. The maximum atomic E-state index is 14.0. The van der Waals surface area contributed by atoms with Gasteiger partial charge in [-0.15, -0.1) is 0 Å². The molecule has 0 bridgehead atoms. The SMILES string of the molecule is C=Cc1cc(C(=O)OCc2cc(OCCOCCOCCOC)c(OCCOCCOCCOC)c(OCCOCCOCCOC)c2)ccc1C(=O)OCc1cc(OCCOCCOCCOC)c(OCCOCCOCCOC)c(OCCOCCOCCOC)c1. The Morgan fingerprint density at radius 1 is 0.298 bits per heavy atom. The topological polar surface area (TPSA) is 274 Å². The van der Waals surface area contributed by atoms with E-state index in [2.05, 4.69) is 6.58 Å². The molecular weight excluding hydrogens is 1240 g/mol. The molecule has 0 heterocycles. The molecule has 0 N–H and O–H groups in total. The Kier molecular flexibility index (Phi) is 51.7. The van der Waals surface area contributed by atoms with Crippen LogP contribution < -0.4 is 28.4 Å². The molecule has 3 aromatic rings. The van der Waals surface area contributed by atoms with E-state index in [0.29, 0.717) is 198 Å². The number of ether oxygens (including phenoxy) is 26. The lowest BCUT2D eigenvalue weighted by Crippen LogP contribution is -2.16. The molecule has 0 saturated heterocycles. The number of esters is 2. The van der Waals surface area contributed by atoms with Crippen molar-refractivity contribution in [3.63, 3.8) is 0 Å². The van der Waals surface area contributed by atoms with Crippen molar-refractivity contribution in [2.24, 2.45) is 0 Å². The molecule has 28 nitrogen and oxygen atoms in total. The van der Waals surface area contributed by atoms with Gasteiger partial charge in [-0.1, -0.05) is 12.7 Å². The van der Waals surface area contributed by atoms with Crippen LogP contribution in [0.25, 0.3) is 6.08 Å². The molecule has 0 atom stereocenters. The van der Waals surface area contributed by atoms with Gasteiger partial charge in [-0.05, 0) is 59.2 Å². The minimum Gasteiger partial charge on any atom is -0.487 e. The molecule has 0 fully saturated rings. The average molecular weight is 1350 g/mol. The molecule has 0 amide bonds. The van der Waals surface area contributed by atoms with Gasteiger partial charge in [0, 0.05) is 42.7 Å². The van der Waals surface area contributed by atoms with Gasteiger partial charge < -0.3 is 123 Å². The van der Waals surface area contributed by atoms with Crippen LogP contribution in [0, 0.1) is 0 Å². The molecule has 0 aliphatic rings. The molecule has 536 valence electrons. The Morgan fingerprint density at radius 3 is 0.787 bits per heavy atom. The van der Waals surface area contributed by atoms with Gasteiger partial charge in [0.1, 0.15) is 52.9 Å². The zero-order chi connectivity index (χ0) is 67.4. The number of rotatable bonds is 67. The standard InChI is InChI=1S/C66H104O28/c1-8-56-51-57(65(67)93-52-54-47-59(87-41-35-81-29-23-75-17-11-69-2)63(91-45-39-85-33-27-79-21-15-73-6)60(48-54)88-42-36-82-30-24-76-18-12-70-3)9-10-58(56)66(68)94-53-55-49-61(89-43-37-83-31-25-77-19-13-71-4)64(92-46-40-86-34-28-80-22-16-74-7)62(50-55)90-44-38-84-32-26-78-20-14-72-5/h8-10,47-51H,1,11-46,52-53H2,2-7H3. The second-order valence-corrected chi connectivity index (χ2v) is 19.4. The third-order valence-electron chi connectivity index (χ3n) is 12.3. The fourth-order valence-corrected chi connectivity index (χ4v) is 7.68. The van der Waals surface area contributed by atoms with Crippen molar-refractivity contribution in [2.45, 2.75) is 13.2 Å². The van der Waals surface area contributed by atoms with E-state index in [4.69, 9.17) is 123 Å². The number of methoxy groups -OCH3 is 6. The van der Waals surface area contributed by atoms with Crippen molar-refractivity contribution < 1.29 is 133 Å². The summed E-state index contributed by atoms with van der Waals surface area (Å²) >= 11 is 0. The van der Waals surface area contributed by atoms with Crippen molar-refractivity contribution >= 4 is 18.0 Å². The van der Waals surface area contributed by atoms with E-state index in [1.54, 1.807) is 66.9 Å². The number of carbonyl (C=O) groups excluding carboxylic acids is 2. The second-order valence-electron chi connectivity index (χ2n) is 19.4. The molecule has 0 unspecified atom stereocenters. The fraction of sp³-hybridized carbons (Fsp3) is 0.667. The minimum atomic E-state index is -0.701.